The molecular weight excluding hydrogens is 352 g/mol. The Hall–Kier alpha value is -2.51. The number of aryl methyl sites for hydroxylation is 1. The third-order valence-electron chi connectivity index (χ3n) is 4.82. The van der Waals surface area contributed by atoms with E-state index in [-0.39, 0.29) is 5.91 Å². The summed E-state index contributed by atoms with van der Waals surface area (Å²) in [7, 11) is 3.97. The SMILES string of the molecule is Cc1cc(C(=O)NCCN(C)C)nc(N2CCN(Cc3ccccc3)CC2)n1. The second-order valence-corrected chi connectivity index (χ2v) is 7.50. The van der Waals surface area contributed by atoms with Crippen molar-refractivity contribution in [3.8, 4) is 0 Å². The maximum Gasteiger partial charge on any atom is 0.270 e. The van der Waals surface area contributed by atoms with E-state index < -0.39 is 0 Å². The number of carbonyl (C=O) groups excluding carboxylic acids is 1. The van der Waals surface area contributed by atoms with E-state index in [0.29, 0.717) is 18.2 Å². The van der Waals surface area contributed by atoms with E-state index in [1.165, 1.54) is 5.56 Å². The lowest BCUT2D eigenvalue weighted by atomic mass is 10.2. The van der Waals surface area contributed by atoms with Crippen molar-refractivity contribution in [2.24, 2.45) is 0 Å². The second-order valence-electron chi connectivity index (χ2n) is 7.50. The van der Waals surface area contributed by atoms with Crippen LogP contribution in [0.2, 0.25) is 0 Å². The predicted molar refractivity (Wildman–Crippen MR) is 112 cm³/mol. The van der Waals surface area contributed by atoms with Crippen molar-refractivity contribution in [2.75, 3.05) is 58.3 Å². The zero-order chi connectivity index (χ0) is 19.9. The van der Waals surface area contributed by atoms with Crippen molar-refractivity contribution in [3.63, 3.8) is 0 Å². The molecule has 1 amide bonds. The van der Waals surface area contributed by atoms with Crippen molar-refractivity contribution in [3.05, 3.63) is 53.3 Å². The highest BCUT2D eigenvalue weighted by atomic mass is 16.1. The lowest BCUT2D eigenvalue weighted by Gasteiger charge is -2.34. The highest BCUT2D eigenvalue weighted by Crippen LogP contribution is 2.15. The van der Waals surface area contributed by atoms with E-state index in [1.54, 1.807) is 6.07 Å². The van der Waals surface area contributed by atoms with Crippen LogP contribution >= 0.6 is 0 Å². The topological polar surface area (TPSA) is 64.6 Å². The third-order valence-corrected chi connectivity index (χ3v) is 4.82. The lowest BCUT2D eigenvalue weighted by Crippen LogP contribution is -2.46. The van der Waals surface area contributed by atoms with Crippen LogP contribution in [0.25, 0.3) is 0 Å². The van der Waals surface area contributed by atoms with E-state index in [0.717, 1.165) is 45.0 Å². The molecule has 1 aromatic carbocycles. The van der Waals surface area contributed by atoms with Gasteiger partial charge in [-0.3, -0.25) is 9.69 Å². The van der Waals surface area contributed by atoms with Gasteiger partial charge in [0.1, 0.15) is 5.69 Å². The van der Waals surface area contributed by atoms with Crippen LogP contribution < -0.4 is 10.2 Å². The van der Waals surface area contributed by atoms with Crippen LogP contribution in [0.15, 0.2) is 36.4 Å². The Morgan fingerprint density at radius 3 is 2.50 bits per heavy atom. The Kier molecular flexibility index (Phi) is 6.95. The molecule has 1 fully saturated rings. The average Bonchev–Trinajstić information content (AvgIpc) is 2.68. The van der Waals surface area contributed by atoms with Crippen molar-refractivity contribution < 1.29 is 4.79 Å². The molecule has 7 nitrogen and oxygen atoms in total. The number of benzene rings is 1. The summed E-state index contributed by atoms with van der Waals surface area (Å²) in [5.41, 5.74) is 2.59. The average molecular weight is 383 g/mol. The summed E-state index contributed by atoms with van der Waals surface area (Å²) >= 11 is 0. The molecule has 3 rings (SSSR count). The second kappa shape index (κ2) is 9.61. The fourth-order valence-corrected chi connectivity index (χ4v) is 3.24. The first-order valence-corrected chi connectivity index (χ1v) is 9.81. The summed E-state index contributed by atoms with van der Waals surface area (Å²) in [6, 6.07) is 12.3. The van der Waals surface area contributed by atoms with Gasteiger partial charge in [-0.15, -0.1) is 0 Å². The van der Waals surface area contributed by atoms with Crippen LogP contribution in [0.5, 0.6) is 0 Å². The Morgan fingerprint density at radius 2 is 1.82 bits per heavy atom. The molecule has 28 heavy (non-hydrogen) atoms. The van der Waals surface area contributed by atoms with Gasteiger partial charge in [-0.25, -0.2) is 9.97 Å². The van der Waals surface area contributed by atoms with Gasteiger partial charge in [0.15, 0.2) is 0 Å². The van der Waals surface area contributed by atoms with E-state index in [2.05, 4.69) is 49.4 Å². The van der Waals surface area contributed by atoms with Crippen LogP contribution in [-0.4, -0.2) is 79.0 Å². The summed E-state index contributed by atoms with van der Waals surface area (Å²) < 4.78 is 0. The number of hydrogen-bond donors (Lipinski definition) is 1. The molecule has 0 unspecified atom stereocenters. The van der Waals surface area contributed by atoms with Gasteiger partial charge in [-0.2, -0.15) is 0 Å². The largest absolute Gasteiger partial charge is 0.349 e. The van der Waals surface area contributed by atoms with Crippen LogP contribution in [0.1, 0.15) is 21.7 Å². The van der Waals surface area contributed by atoms with Crippen molar-refractivity contribution in [1.82, 2.24) is 25.1 Å². The summed E-state index contributed by atoms with van der Waals surface area (Å²) in [6.45, 7) is 7.90. The Morgan fingerprint density at radius 1 is 1.11 bits per heavy atom. The van der Waals surface area contributed by atoms with E-state index in [4.69, 9.17) is 0 Å². The molecule has 0 bridgehead atoms. The molecule has 2 aromatic rings. The van der Waals surface area contributed by atoms with Crippen molar-refractivity contribution >= 4 is 11.9 Å². The zero-order valence-corrected chi connectivity index (χ0v) is 17.1. The van der Waals surface area contributed by atoms with Gasteiger partial charge in [-0.05, 0) is 32.6 Å². The minimum atomic E-state index is -0.142. The Labute approximate surface area is 167 Å². The first kappa shape index (κ1) is 20.2. The van der Waals surface area contributed by atoms with Crippen molar-refractivity contribution in [1.29, 1.82) is 0 Å². The molecule has 2 heterocycles. The molecule has 1 aliphatic rings. The molecule has 0 radical (unpaired) electrons. The van der Waals surface area contributed by atoms with E-state index >= 15 is 0 Å². The highest BCUT2D eigenvalue weighted by Gasteiger charge is 2.21. The first-order valence-electron chi connectivity index (χ1n) is 9.81. The van der Waals surface area contributed by atoms with Gasteiger partial charge in [0.2, 0.25) is 5.95 Å². The van der Waals surface area contributed by atoms with Gasteiger partial charge < -0.3 is 15.1 Å². The number of carbonyl (C=O) groups is 1. The number of rotatable bonds is 7. The zero-order valence-electron chi connectivity index (χ0n) is 17.1. The molecular formula is C21H30N6O. The summed E-state index contributed by atoms with van der Waals surface area (Å²) in [6.07, 6.45) is 0. The fraction of sp³-hybridized carbons (Fsp3) is 0.476. The smallest absolute Gasteiger partial charge is 0.270 e. The van der Waals surface area contributed by atoms with Crippen LogP contribution in [0.4, 0.5) is 5.95 Å². The van der Waals surface area contributed by atoms with Gasteiger partial charge in [0.25, 0.3) is 5.91 Å². The normalized spacial score (nSPS) is 15.1. The molecule has 0 atom stereocenters. The monoisotopic (exact) mass is 382 g/mol. The molecule has 0 saturated carbocycles. The van der Waals surface area contributed by atoms with Gasteiger partial charge >= 0.3 is 0 Å². The Balaban J connectivity index is 1.58. The molecule has 1 saturated heterocycles. The summed E-state index contributed by atoms with van der Waals surface area (Å²) in [5, 5.41) is 2.92. The van der Waals surface area contributed by atoms with Crippen LogP contribution in [0, 0.1) is 6.92 Å². The molecule has 1 N–H and O–H groups in total. The van der Waals surface area contributed by atoms with Crippen LogP contribution in [-0.2, 0) is 6.54 Å². The first-order chi connectivity index (χ1) is 13.5. The molecule has 7 heteroatoms. The molecule has 0 aliphatic carbocycles. The quantitative estimate of drug-likeness (QED) is 0.781. The van der Waals surface area contributed by atoms with Gasteiger partial charge in [-0.1, -0.05) is 30.3 Å². The number of aromatic nitrogens is 2. The van der Waals surface area contributed by atoms with Gasteiger partial charge in [0, 0.05) is 51.5 Å². The van der Waals surface area contributed by atoms with E-state index in [9.17, 15) is 4.79 Å². The summed E-state index contributed by atoms with van der Waals surface area (Å²) in [5.74, 6) is 0.508. The number of likely N-dealkylation sites (N-methyl/N-ethyl adjacent to an activating group) is 1. The van der Waals surface area contributed by atoms with E-state index in [1.807, 2.05) is 32.0 Å². The summed E-state index contributed by atoms with van der Waals surface area (Å²) in [4.78, 5) is 28.2. The maximum absolute atomic E-state index is 12.4. The number of piperazine rings is 1. The molecule has 150 valence electrons. The predicted octanol–water partition coefficient (Wildman–Crippen LogP) is 1.40. The fourth-order valence-electron chi connectivity index (χ4n) is 3.24. The molecule has 1 aromatic heterocycles. The minimum absolute atomic E-state index is 0.142. The minimum Gasteiger partial charge on any atom is -0.349 e. The van der Waals surface area contributed by atoms with Gasteiger partial charge in [0.05, 0.1) is 0 Å². The molecule has 1 aliphatic heterocycles. The molecule has 0 spiro atoms. The standard InChI is InChI=1S/C21H30N6O/c1-17-15-19(20(28)22-9-10-25(2)3)24-21(23-17)27-13-11-26(12-14-27)16-18-7-5-4-6-8-18/h4-8,15H,9-14,16H2,1-3H3,(H,22,28). The van der Waals surface area contributed by atoms with Crippen LogP contribution in [0.3, 0.4) is 0 Å². The Bertz CT molecular complexity index is 772. The highest BCUT2D eigenvalue weighted by molar-refractivity contribution is 5.92. The maximum atomic E-state index is 12.4. The third kappa shape index (κ3) is 5.74. The number of hydrogen-bond acceptors (Lipinski definition) is 6. The lowest BCUT2D eigenvalue weighted by molar-refractivity contribution is 0.0945. The number of nitrogens with zero attached hydrogens (tertiary/aromatic N) is 5. The number of nitrogens with one attached hydrogen (secondary N) is 1. The van der Waals surface area contributed by atoms with Crippen molar-refractivity contribution in [2.45, 2.75) is 13.5 Å². The number of anilines is 1. The number of amides is 1.